The molecule has 3 rings (SSSR count). The van der Waals surface area contributed by atoms with Gasteiger partial charge in [-0.25, -0.2) is 9.97 Å². The first kappa shape index (κ1) is 21.3. The first-order valence-corrected chi connectivity index (χ1v) is 11.4. The summed E-state index contributed by atoms with van der Waals surface area (Å²) in [5, 5.41) is 5.93. The fraction of sp³-hybridized carbons (Fsp3) is 0.333. The minimum Gasteiger partial charge on any atom is -0.302 e. The molecule has 0 aliphatic rings. The highest BCUT2D eigenvalue weighted by molar-refractivity contribution is 7.98. The van der Waals surface area contributed by atoms with Gasteiger partial charge in [0.05, 0.1) is 5.69 Å². The monoisotopic (exact) mass is 428 g/mol. The Morgan fingerprint density at radius 2 is 1.86 bits per heavy atom. The highest BCUT2D eigenvalue weighted by Crippen LogP contribution is 2.29. The molecule has 8 heteroatoms. The Labute approximate surface area is 178 Å². The molecule has 0 atom stereocenters. The molecule has 29 heavy (non-hydrogen) atoms. The lowest BCUT2D eigenvalue weighted by atomic mass is 9.99. The maximum Gasteiger partial charge on any atom is 0.254 e. The van der Waals surface area contributed by atoms with Crippen LogP contribution in [0.4, 0.5) is 5.13 Å². The SMILES string of the molecule is CSc1nc(C)c(CCC(=O)Nc2nc(-c3cc(C)c(C)cc3C)cs2)c(=O)[nH]1. The Hall–Kier alpha value is -2.45. The van der Waals surface area contributed by atoms with Gasteiger partial charge in [-0.2, -0.15) is 0 Å². The normalized spacial score (nSPS) is 10.9. The quantitative estimate of drug-likeness (QED) is 0.448. The smallest absolute Gasteiger partial charge is 0.254 e. The number of H-pyrrole nitrogens is 1. The predicted molar refractivity (Wildman–Crippen MR) is 120 cm³/mol. The van der Waals surface area contributed by atoms with E-state index in [-0.39, 0.29) is 17.9 Å². The molecule has 2 aromatic heterocycles. The van der Waals surface area contributed by atoms with Crippen LogP contribution in [0.1, 0.15) is 34.4 Å². The zero-order chi connectivity index (χ0) is 21.1. The van der Waals surface area contributed by atoms with E-state index in [1.165, 1.54) is 34.2 Å². The average molecular weight is 429 g/mol. The van der Waals surface area contributed by atoms with Crippen molar-refractivity contribution in [2.45, 2.75) is 45.7 Å². The van der Waals surface area contributed by atoms with Crippen LogP contribution in [0.5, 0.6) is 0 Å². The van der Waals surface area contributed by atoms with Gasteiger partial charge in [0.15, 0.2) is 10.3 Å². The van der Waals surface area contributed by atoms with Crippen molar-refractivity contribution in [1.82, 2.24) is 15.0 Å². The van der Waals surface area contributed by atoms with Crippen LogP contribution in [0.2, 0.25) is 0 Å². The number of hydrogen-bond donors (Lipinski definition) is 2. The summed E-state index contributed by atoms with van der Waals surface area (Å²) in [6.07, 6.45) is 2.39. The highest BCUT2D eigenvalue weighted by Gasteiger charge is 2.13. The first-order valence-electron chi connectivity index (χ1n) is 9.26. The van der Waals surface area contributed by atoms with Crippen molar-refractivity contribution in [3.63, 3.8) is 0 Å². The van der Waals surface area contributed by atoms with Crippen molar-refractivity contribution in [1.29, 1.82) is 0 Å². The van der Waals surface area contributed by atoms with Crippen molar-refractivity contribution >= 4 is 34.1 Å². The summed E-state index contributed by atoms with van der Waals surface area (Å²) in [5.41, 5.74) is 6.58. The molecular weight excluding hydrogens is 404 g/mol. The van der Waals surface area contributed by atoms with Crippen LogP contribution in [-0.4, -0.2) is 27.1 Å². The number of carbonyl (C=O) groups is 1. The van der Waals surface area contributed by atoms with Gasteiger partial charge in [-0.3, -0.25) is 9.59 Å². The van der Waals surface area contributed by atoms with Gasteiger partial charge in [-0.05, 0) is 63.1 Å². The van der Waals surface area contributed by atoms with Crippen LogP contribution in [0, 0.1) is 27.7 Å². The number of carbonyl (C=O) groups excluding carboxylic acids is 1. The molecule has 0 bridgehead atoms. The van der Waals surface area contributed by atoms with Crippen LogP contribution < -0.4 is 10.9 Å². The number of aromatic nitrogens is 3. The molecule has 2 heterocycles. The molecule has 6 nitrogen and oxygen atoms in total. The Morgan fingerprint density at radius 3 is 2.55 bits per heavy atom. The highest BCUT2D eigenvalue weighted by atomic mass is 32.2. The summed E-state index contributed by atoms with van der Waals surface area (Å²) in [4.78, 5) is 36.2. The molecule has 0 unspecified atom stereocenters. The molecule has 0 spiro atoms. The summed E-state index contributed by atoms with van der Waals surface area (Å²) in [6.45, 7) is 8.03. The van der Waals surface area contributed by atoms with Crippen molar-refractivity contribution in [3.8, 4) is 11.3 Å². The third kappa shape index (κ3) is 4.94. The van der Waals surface area contributed by atoms with Gasteiger partial charge in [0.1, 0.15) is 0 Å². The molecule has 0 fully saturated rings. The summed E-state index contributed by atoms with van der Waals surface area (Å²) >= 11 is 2.78. The average Bonchev–Trinajstić information content (AvgIpc) is 3.11. The number of aryl methyl sites for hydroxylation is 4. The predicted octanol–water partition coefficient (Wildman–Crippen LogP) is 4.42. The van der Waals surface area contributed by atoms with Gasteiger partial charge in [0.2, 0.25) is 5.91 Å². The summed E-state index contributed by atoms with van der Waals surface area (Å²) < 4.78 is 0. The lowest BCUT2D eigenvalue weighted by molar-refractivity contribution is -0.116. The minimum atomic E-state index is -0.184. The van der Waals surface area contributed by atoms with Crippen LogP contribution in [0.3, 0.4) is 0 Å². The molecule has 0 saturated carbocycles. The van der Waals surface area contributed by atoms with Crippen molar-refractivity contribution < 1.29 is 4.79 Å². The van der Waals surface area contributed by atoms with E-state index in [1.807, 2.05) is 11.6 Å². The maximum atomic E-state index is 12.4. The number of nitrogens with one attached hydrogen (secondary N) is 2. The van der Waals surface area contributed by atoms with Gasteiger partial charge in [0.25, 0.3) is 5.56 Å². The standard InChI is InChI=1S/C21H24N4O2S2/c1-11-8-13(3)16(9-12(11)2)17-10-29-21(23-17)24-18(26)7-6-15-14(4)22-20(28-5)25-19(15)27/h8-10H,6-7H2,1-5H3,(H,22,25,27)(H,23,24,26). The molecule has 152 valence electrons. The van der Waals surface area contributed by atoms with Crippen molar-refractivity contribution in [3.05, 3.63) is 55.8 Å². The van der Waals surface area contributed by atoms with Gasteiger partial charge >= 0.3 is 0 Å². The van der Waals surface area contributed by atoms with E-state index in [9.17, 15) is 9.59 Å². The van der Waals surface area contributed by atoms with Gasteiger partial charge in [0, 0.05) is 28.6 Å². The van der Waals surface area contributed by atoms with E-state index in [0.717, 1.165) is 16.8 Å². The van der Waals surface area contributed by atoms with Gasteiger partial charge in [-0.15, -0.1) is 11.3 Å². The van der Waals surface area contributed by atoms with Crippen molar-refractivity contribution in [2.75, 3.05) is 11.6 Å². The maximum absolute atomic E-state index is 12.4. The molecule has 0 aliphatic heterocycles. The number of thioether (sulfide) groups is 1. The fourth-order valence-electron chi connectivity index (χ4n) is 3.09. The Morgan fingerprint density at radius 1 is 1.14 bits per heavy atom. The number of anilines is 1. The number of aromatic amines is 1. The van der Waals surface area contributed by atoms with E-state index in [2.05, 4.69) is 53.2 Å². The number of rotatable bonds is 6. The van der Waals surface area contributed by atoms with Gasteiger partial charge in [-0.1, -0.05) is 17.8 Å². The molecule has 0 aliphatic carbocycles. The summed E-state index contributed by atoms with van der Waals surface area (Å²) in [5.74, 6) is -0.171. The number of benzene rings is 1. The van der Waals surface area contributed by atoms with E-state index >= 15 is 0 Å². The van der Waals surface area contributed by atoms with E-state index in [1.54, 1.807) is 6.92 Å². The van der Waals surface area contributed by atoms with E-state index < -0.39 is 0 Å². The molecule has 1 aromatic carbocycles. The molecule has 0 radical (unpaired) electrons. The van der Waals surface area contributed by atoms with Crippen LogP contribution in [0.25, 0.3) is 11.3 Å². The Bertz CT molecular complexity index is 1120. The molecule has 1 amide bonds. The summed E-state index contributed by atoms with van der Waals surface area (Å²) in [6, 6.07) is 4.28. The molecule has 0 saturated heterocycles. The van der Waals surface area contributed by atoms with E-state index in [4.69, 9.17) is 0 Å². The van der Waals surface area contributed by atoms with Crippen LogP contribution in [-0.2, 0) is 11.2 Å². The van der Waals surface area contributed by atoms with Crippen LogP contribution >= 0.6 is 23.1 Å². The zero-order valence-corrected chi connectivity index (χ0v) is 18.8. The zero-order valence-electron chi connectivity index (χ0n) is 17.2. The summed E-state index contributed by atoms with van der Waals surface area (Å²) in [7, 11) is 0. The number of hydrogen-bond acceptors (Lipinski definition) is 6. The molecule has 2 N–H and O–H groups in total. The minimum absolute atomic E-state index is 0.171. The Balaban J connectivity index is 1.67. The number of nitrogens with zero attached hydrogens (tertiary/aromatic N) is 2. The third-order valence-electron chi connectivity index (χ3n) is 4.86. The third-order valence-corrected chi connectivity index (χ3v) is 6.20. The van der Waals surface area contributed by atoms with E-state index in [0.29, 0.717) is 28.0 Å². The molecule has 3 aromatic rings. The number of thiazole rings is 1. The second kappa shape index (κ2) is 8.92. The molecular formula is C21H24N4O2S2. The fourth-order valence-corrected chi connectivity index (χ4v) is 4.24. The first-order chi connectivity index (χ1) is 13.8. The topological polar surface area (TPSA) is 87.7 Å². The van der Waals surface area contributed by atoms with Gasteiger partial charge < -0.3 is 10.3 Å². The van der Waals surface area contributed by atoms with Crippen molar-refractivity contribution in [2.24, 2.45) is 0 Å². The Kier molecular flexibility index (Phi) is 6.54. The van der Waals surface area contributed by atoms with Crippen LogP contribution in [0.15, 0.2) is 27.5 Å². The number of amides is 1. The second-order valence-corrected chi connectivity index (χ2v) is 8.63. The lowest BCUT2D eigenvalue weighted by Gasteiger charge is -2.07. The largest absolute Gasteiger partial charge is 0.302 e. The lowest BCUT2D eigenvalue weighted by Crippen LogP contribution is -2.20. The second-order valence-electron chi connectivity index (χ2n) is 6.98.